The third-order valence-corrected chi connectivity index (χ3v) is 3.70. The third-order valence-electron chi connectivity index (χ3n) is 3.70. The smallest absolute Gasteiger partial charge is 0.182 e. The molecule has 1 fully saturated rings. The van der Waals surface area contributed by atoms with E-state index < -0.39 is 0 Å². The number of hydrogen-bond donors (Lipinski definition) is 0. The Labute approximate surface area is 114 Å². The Morgan fingerprint density at radius 1 is 1.47 bits per heavy atom. The average Bonchev–Trinajstić information content (AvgIpc) is 2.74. The topological polar surface area (TPSA) is 63.9 Å². The summed E-state index contributed by atoms with van der Waals surface area (Å²) in [5.41, 5.74) is 0. The number of aromatic nitrogens is 4. The van der Waals surface area contributed by atoms with E-state index in [1.807, 2.05) is 0 Å². The van der Waals surface area contributed by atoms with Crippen molar-refractivity contribution in [1.29, 1.82) is 0 Å². The Bertz CT molecular complexity index is 428. The zero-order chi connectivity index (χ0) is 13.8. The van der Waals surface area contributed by atoms with Gasteiger partial charge < -0.3 is 4.90 Å². The van der Waals surface area contributed by atoms with Gasteiger partial charge in [-0.2, -0.15) is 4.80 Å². The van der Waals surface area contributed by atoms with Crippen molar-refractivity contribution >= 4 is 5.78 Å². The molecule has 1 aromatic heterocycles. The summed E-state index contributed by atoms with van der Waals surface area (Å²) < 4.78 is 0. The van der Waals surface area contributed by atoms with Crippen LogP contribution in [0.5, 0.6) is 0 Å². The Balaban J connectivity index is 1.81. The van der Waals surface area contributed by atoms with Crippen molar-refractivity contribution in [3.05, 3.63) is 5.82 Å². The number of tetrazole rings is 1. The number of Topliss-reactive ketones (excluding diaryl/α,β-unsaturated/α-hetero) is 1. The van der Waals surface area contributed by atoms with Crippen LogP contribution in [-0.2, 0) is 18.3 Å². The van der Waals surface area contributed by atoms with Crippen LogP contribution in [-0.4, -0.2) is 50.0 Å². The number of carbonyl (C=O) groups is 1. The SMILES string of the molecule is CC(C)N1CCC[C@@H](CC(=O)Cc2nnn(C)n2)C1. The van der Waals surface area contributed by atoms with Gasteiger partial charge in [0.2, 0.25) is 0 Å². The summed E-state index contributed by atoms with van der Waals surface area (Å²) in [6.45, 7) is 6.63. The minimum atomic E-state index is 0.226. The molecule has 0 N–H and O–H groups in total. The number of hydrogen-bond acceptors (Lipinski definition) is 5. The van der Waals surface area contributed by atoms with Gasteiger partial charge in [-0.15, -0.1) is 10.2 Å². The molecule has 0 amide bonds. The average molecular weight is 265 g/mol. The second kappa shape index (κ2) is 6.23. The Morgan fingerprint density at radius 3 is 2.89 bits per heavy atom. The van der Waals surface area contributed by atoms with Gasteiger partial charge in [0.15, 0.2) is 5.82 Å². The normalized spacial score (nSPS) is 20.9. The lowest BCUT2D eigenvalue weighted by atomic mass is 9.91. The predicted octanol–water partition coefficient (Wildman–Crippen LogP) is 0.832. The lowest BCUT2D eigenvalue weighted by Crippen LogP contribution is -2.40. The minimum Gasteiger partial charge on any atom is -0.301 e. The van der Waals surface area contributed by atoms with Crippen molar-refractivity contribution in [3.8, 4) is 0 Å². The summed E-state index contributed by atoms with van der Waals surface area (Å²) in [5.74, 6) is 1.24. The van der Waals surface area contributed by atoms with Crippen LogP contribution in [0.3, 0.4) is 0 Å². The molecule has 1 saturated heterocycles. The molecule has 0 radical (unpaired) electrons. The molecule has 19 heavy (non-hydrogen) atoms. The van der Waals surface area contributed by atoms with Crippen LogP contribution in [0.25, 0.3) is 0 Å². The van der Waals surface area contributed by atoms with Crippen molar-refractivity contribution in [3.63, 3.8) is 0 Å². The number of aryl methyl sites for hydroxylation is 1. The molecule has 0 unspecified atom stereocenters. The highest BCUT2D eigenvalue weighted by atomic mass is 16.1. The van der Waals surface area contributed by atoms with Crippen LogP contribution in [0.1, 0.15) is 38.9 Å². The summed E-state index contributed by atoms with van der Waals surface area (Å²) in [6.07, 6.45) is 3.30. The monoisotopic (exact) mass is 265 g/mol. The Morgan fingerprint density at radius 2 is 2.26 bits per heavy atom. The standard InChI is InChI=1S/C13H23N5O/c1-10(2)18-6-4-5-11(9-18)7-12(19)8-13-14-16-17(3)15-13/h10-11H,4-9H2,1-3H3/t11-/m0/s1. The zero-order valence-corrected chi connectivity index (χ0v) is 12.0. The maximum absolute atomic E-state index is 12.0. The molecular formula is C13H23N5O. The zero-order valence-electron chi connectivity index (χ0n) is 12.0. The Hall–Kier alpha value is -1.30. The molecule has 0 aliphatic carbocycles. The molecule has 0 spiro atoms. The fourth-order valence-electron chi connectivity index (χ4n) is 2.70. The van der Waals surface area contributed by atoms with Crippen molar-refractivity contribution < 1.29 is 4.79 Å². The molecule has 1 atom stereocenters. The van der Waals surface area contributed by atoms with Crippen LogP contribution < -0.4 is 0 Å². The first kappa shape index (κ1) is 14.1. The quantitative estimate of drug-likeness (QED) is 0.789. The van der Waals surface area contributed by atoms with E-state index in [-0.39, 0.29) is 5.78 Å². The summed E-state index contributed by atoms with van der Waals surface area (Å²) in [6, 6.07) is 0.569. The molecule has 1 aliphatic rings. The van der Waals surface area contributed by atoms with E-state index in [9.17, 15) is 4.79 Å². The van der Waals surface area contributed by atoms with E-state index in [2.05, 4.69) is 34.2 Å². The second-order valence-corrected chi connectivity index (χ2v) is 5.71. The Kier molecular flexibility index (Phi) is 4.63. The summed E-state index contributed by atoms with van der Waals surface area (Å²) in [7, 11) is 1.71. The number of rotatable bonds is 5. The van der Waals surface area contributed by atoms with Gasteiger partial charge in [-0.05, 0) is 44.4 Å². The van der Waals surface area contributed by atoms with Gasteiger partial charge in [0.05, 0.1) is 13.5 Å². The molecule has 2 heterocycles. The highest BCUT2D eigenvalue weighted by Gasteiger charge is 2.24. The first-order chi connectivity index (χ1) is 9.04. The van der Waals surface area contributed by atoms with E-state index in [4.69, 9.17) is 0 Å². The molecule has 6 nitrogen and oxygen atoms in total. The van der Waals surface area contributed by atoms with Crippen molar-refractivity contribution in [2.75, 3.05) is 13.1 Å². The fraction of sp³-hybridized carbons (Fsp3) is 0.846. The number of piperidine rings is 1. The van der Waals surface area contributed by atoms with Crippen LogP contribution in [0, 0.1) is 5.92 Å². The van der Waals surface area contributed by atoms with E-state index >= 15 is 0 Å². The van der Waals surface area contributed by atoms with Gasteiger partial charge in [0.1, 0.15) is 5.78 Å². The second-order valence-electron chi connectivity index (χ2n) is 5.71. The molecule has 1 aliphatic heterocycles. The van der Waals surface area contributed by atoms with Gasteiger partial charge in [0, 0.05) is 19.0 Å². The van der Waals surface area contributed by atoms with Gasteiger partial charge in [-0.1, -0.05) is 0 Å². The van der Waals surface area contributed by atoms with Crippen molar-refractivity contribution in [2.45, 2.75) is 45.6 Å². The molecule has 0 bridgehead atoms. The molecular weight excluding hydrogens is 242 g/mol. The van der Waals surface area contributed by atoms with Gasteiger partial charge in [-0.25, -0.2) is 0 Å². The fourth-order valence-corrected chi connectivity index (χ4v) is 2.70. The van der Waals surface area contributed by atoms with E-state index in [0.29, 0.717) is 30.6 Å². The maximum Gasteiger partial charge on any atom is 0.182 e. The van der Waals surface area contributed by atoms with E-state index in [1.165, 1.54) is 11.2 Å². The molecule has 1 aromatic rings. The predicted molar refractivity (Wildman–Crippen MR) is 71.6 cm³/mol. The van der Waals surface area contributed by atoms with E-state index in [0.717, 1.165) is 19.5 Å². The highest BCUT2D eigenvalue weighted by Crippen LogP contribution is 2.21. The van der Waals surface area contributed by atoms with Crippen LogP contribution in [0.15, 0.2) is 0 Å². The maximum atomic E-state index is 12.0. The third kappa shape index (κ3) is 4.09. The lowest BCUT2D eigenvalue weighted by Gasteiger charge is -2.35. The number of likely N-dealkylation sites (tertiary alicyclic amines) is 1. The summed E-state index contributed by atoms with van der Waals surface area (Å²) in [5, 5.41) is 11.7. The molecule has 6 heteroatoms. The molecule has 0 aromatic carbocycles. The lowest BCUT2D eigenvalue weighted by molar-refractivity contribution is -0.119. The summed E-state index contributed by atoms with van der Waals surface area (Å²) >= 11 is 0. The van der Waals surface area contributed by atoms with Gasteiger partial charge in [0.25, 0.3) is 0 Å². The van der Waals surface area contributed by atoms with Crippen molar-refractivity contribution in [2.24, 2.45) is 13.0 Å². The van der Waals surface area contributed by atoms with Crippen molar-refractivity contribution in [1.82, 2.24) is 25.1 Å². The van der Waals surface area contributed by atoms with Gasteiger partial charge >= 0.3 is 0 Å². The molecule has 2 rings (SSSR count). The van der Waals surface area contributed by atoms with E-state index in [1.54, 1.807) is 7.05 Å². The minimum absolute atomic E-state index is 0.226. The highest BCUT2D eigenvalue weighted by molar-refractivity contribution is 5.80. The first-order valence-corrected chi connectivity index (χ1v) is 7.03. The van der Waals surface area contributed by atoms with Crippen LogP contribution in [0.2, 0.25) is 0 Å². The number of nitrogens with zero attached hydrogens (tertiary/aromatic N) is 5. The number of ketones is 1. The van der Waals surface area contributed by atoms with Crippen LogP contribution in [0.4, 0.5) is 0 Å². The van der Waals surface area contributed by atoms with Gasteiger partial charge in [-0.3, -0.25) is 4.79 Å². The first-order valence-electron chi connectivity index (χ1n) is 7.03. The molecule has 0 saturated carbocycles. The summed E-state index contributed by atoms with van der Waals surface area (Å²) in [4.78, 5) is 15.9. The van der Waals surface area contributed by atoms with Crippen LogP contribution >= 0.6 is 0 Å². The largest absolute Gasteiger partial charge is 0.301 e. The number of carbonyl (C=O) groups excluding carboxylic acids is 1. The molecule has 106 valence electrons.